The van der Waals surface area contributed by atoms with Gasteiger partial charge in [-0.1, -0.05) is 69.0 Å². The van der Waals surface area contributed by atoms with Gasteiger partial charge in [0.1, 0.15) is 4.83 Å². The molecule has 1 unspecified atom stereocenters. The molecule has 0 bridgehead atoms. The Balaban J connectivity index is 1.73. The molecule has 0 saturated carbocycles. The first-order valence-corrected chi connectivity index (χ1v) is 13.2. The Morgan fingerprint density at radius 3 is 2.70 bits per heavy atom. The van der Waals surface area contributed by atoms with Crippen molar-refractivity contribution in [3.63, 3.8) is 0 Å². The van der Waals surface area contributed by atoms with Crippen molar-refractivity contribution in [1.82, 2.24) is 9.55 Å². The van der Waals surface area contributed by atoms with Crippen LogP contribution in [0.15, 0.2) is 34.2 Å². The summed E-state index contributed by atoms with van der Waals surface area (Å²) in [5, 5.41) is 1.72. The predicted octanol–water partition coefficient (Wildman–Crippen LogP) is 6.94. The average Bonchev–Trinajstić information content (AvgIpc) is 3.09. The SMILES string of the molecule is CCCCCCCSc1nc2sc3c(c2c(=O)n1-c1ccc(C)cc1)CCC(C)C3. The minimum absolute atomic E-state index is 0.115. The van der Waals surface area contributed by atoms with E-state index in [1.807, 2.05) is 4.57 Å². The van der Waals surface area contributed by atoms with Crippen molar-refractivity contribution in [2.45, 2.75) is 77.3 Å². The van der Waals surface area contributed by atoms with E-state index >= 15 is 0 Å². The lowest BCUT2D eigenvalue weighted by Gasteiger charge is -2.18. The first kappa shape index (κ1) is 21.6. The van der Waals surface area contributed by atoms with Gasteiger partial charge in [0.2, 0.25) is 0 Å². The standard InChI is InChI=1S/C25H32N2OS2/c1-4-5-6-7-8-15-29-25-26-23-22(20-14-11-18(3)16-21(20)30-23)24(28)27(25)19-12-9-17(2)10-13-19/h9-10,12-13,18H,4-8,11,14-16H2,1-3H3. The number of unbranched alkanes of at least 4 members (excludes halogenated alkanes) is 4. The number of nitrogens with zero attached hydrogens (tertiary/aromatic N) is 2. The number of aromatic nitrogens is 2. The molecule has 3 aromatic rings. The molecule has 30 heavy (non-hydrogen) atoms. The Kier molecular flexibility index (Phi) is 6.99. The fourth-order valence-corrected chi connectivity index (χ4v) is 6.69. The van der Waals surface area contributed by atoms with Crippen LogP contribution in [0.3, 0.4) is 0 Å². The molecule has 0 amide bonds. The maximum atomic E-state index is 13.7. The van der Waals surface area contributed by atoms with Crippen LogP contribution in [0, 0.1) is 12.8 Å². The fourth-order valence-electron chi connectivity index (χ4n) is 4.26. The third-order valence-electron chi connectivity index (χ3n) is 6.07. The van der Waals surface area contributed by atoms with E-state index < -0.39 is 0 Å². The molecule has 0 spiro atoms. The number of hydrogen-bond acceptors (Lipinski definition) is 4. The number of benzene rings is 1. The summed E-state index contributed by atoms with van der Waals surface area (Å²) in [5.41, 5.74) is 3.51. The monoisotopic (exact) mass is 440 g/mol. The van der Waals surface area contributed by atoms with Gasteiger partial charge >= 0.3 is 0 Å². The second-order valence-electron chi connectivity index (χ2n) is 8.67. The summed E-state index contributed by atoms with van der Waals surface area (Å²) < 4.78 is 1.86. The van der Waals surface area contributed by atoms with Crippen molar-refractivity contribution in [1.29, 1.82) is 0 Å². The van der Waals surface area contributed by atoms with Gasteiger partial charge in [-0.25, -0.2) is 4.98 Å². The van der Waals surface area contributed by atoms with Crippen LogP contribution in [0.4, 0.5) is 0 Å². The number of fused-ring (bicyclic) bond motifs is 3. The highest BCUT2D eigenvalue weighted by atomic mass is 32.2. The quantitative estimate of drug-likeness (QED) is 0.216. The summed E-state index contributed by atoms with van der Waals surface area (Å²) in [6, 6.07) is 8.26. The van der Waals surface area contributed by atoms with Crippen LogP contribution >= 0.6 is 23.1 Å². The van der Waals surface area contributed by atoms with Crippen molar-refractivity contribution >= 4 is 33.3 Å². The van der Waals surface area contributed by atoms with E-state index in [9.17, 15) is 4.79 Å². The summed E-state index contributed by atoms with van der Waals surface area (Å²) in [6.07, 6.45) is 9.54. The van der Waals surface area contributed by atoms with Crippen molar-refractivity contribution in [3.8, 4) is 5.69 Å². The summed E-state index contributed by atoms with van der Waals surface area (Å²) in [4.78, 5) is 21.1. The molecular weight excluding hydrogens is 408 g/mol. The number of thioether (sulfide) groups is 1. The third kappa shape index (κ3) is 4.52. The Hall–Kier alpha value is -1.59. The third-order valence-corrected chi connectivity index (χ3v) is 8.24. The second-order valence-corrected chi connectivity index (χ2v) is 10.8. The van der Waals surface area contributed by atoms with Crippen molar-refractivity contribution in [3.05, 3.63) is 50.6 Å². The Labute approximate surface area is 187 Å². The van der Waals surface area contributed by atoms with Crippen LogP contribution in [0.1, 0.15) is 68.4 Å². The van der Waals surface area contributed by atoms with Gasteiger partial charge in [0.05, 0.1) is 11.1 Å². The van der Waals surface area contributed by atoms with Crippen LogP contribution < -0.4 is 5.56 Å². The highest BCUT2D eigenvalue weighted by Gasteiger charge is 2.25. The summed E-state index contributed by atoms with van der Waals surface area (Å²) in [5.74, 6) is 1.71. The Morgan fingerprint density at radius 1 is 1.17 bits per heavy atom. The molecule has 3 nitrogen and oxygen atoms in total. The van der Waals surface area contributed by atoms with Crippen LogP contribution in [0.2, 0.25) is 0 Å². The van der Waals surface area contributed by atoms with Gasteiger partial charge in [-0.2, -0.15) is 0 Å². The first-order chi connectivity index (χ1) is 14.6. The smallest absolute Gasteiger partial charge is 0.267 e. The molecule has 0 fully saturated rings. The summed E-state index contributed by atoms with van der Waals surface area (Å²) in [6.45, 7) is 6.64. The van der Waals surface area contributed by atoms with Crippen molar-refractivity contribution in [2.24, 2.45) is 5.92 Å². The second kappa shape index (κ2) is 9.69. The molecule has 1 atom stereocenters. The number of rotatable bonds is 8. The molecule has 0 N–H and O–H groups in total. The lowest BCUT2D eigenvalue weighted by atomic mass is 9.89. The van der Waals surface area contributed by atoms with E-state index in [0.29, 0.717) is 5.92 Å². The molecule has 1 aromatic carbocycles. The van der Waals surface area contributed by atoms with Gasteiger partial charge in [0, 0.05) is 10.6 Å². The minimum Gasteiger partial charge on any atom is -0.268 e. The van der Waals surface area contributed by atoms with Crippen molar-refractivity contribution < 1.29 is 0 Å². The zero-order valence-electron chi connectivity index (χ0n) is 18.4. The topological polar surface area (TPSA) is 34.9 Å². The van der Waals surface area contributed by atoms with Crippen LogP contribution in [0.5, 0.6) is 0 Å². The van der Waals surface area contributed by atoms with E-state index in [0.717, 1.165) is 46.1 Å². The highest BCUT2D eigenvalue weighted by Crippen LogP contribution is 2.37. The molecular formula is C25H32N2OS2. The Bertz CT molecular complexity index is 1070. The zero-order valence-corrected chi connectivity index (χ0v) is 20.0. The van der Waals surface area contributed by atoms with Gasteiger partial charge in [-0.3, -0.25) is 9.36 Å². The lowest BCUT2D eigenvalue weighted by molar-refractivity contribution is 0.509. The van der Waals surface area contributed by atoms with E-state index in [4.69, 9.17) is 4.98 Å². The van der Waals surface area contributed by atoms with E-state index in [2.05, 4.69) is 45.0 Å². The summed E-state index contributed by atoms with van der Waals surface area (Å²) in [7, 11) is 0. The predicted molar refractivity (Wildman–Crippen MR) is 131 cm³/mol. The maximum absolute atomic E-state index is 13.7. The molecule has 1 aliphatic carbocycles. The molecule has 0 radical (unpaired) electrons. The number of thiophene rings is 1. The van der Waals surface area contributed by atoms with Gasteiger partial charge < -0.3 is 0 Å². The highest BCUT2D eigenvalue weighted by molar-refractivity contribution is 7.99. The van der Waals surface area contributed by atoms with Crippen LogP contribution in [-0.2, 0) is 12.8 Å². The van der Waals surface area contributed by atoms with Crippen LogP contribution in [-0.4, -0.2) is 15.3 Å². The molecule has 5 heteroatoms. The summed E-state index contributed by atoms with van der Waals surface area (Å²) >= 11 is 3.49. The molecule has 1 aliphatic rings. The van der Waals surface area contributed by atoms with E-state index in [-0.39, 0.29) is 5.56 Å². The largest absolute Gasteiger partial charge is 0.268 e. The van der Waals surface area contributed by atoms with E-state index in [1.165, 1.54) is 48.1 Å². The van der Waals surface area contributed by atoms with Crippen molar-refractivity contribution in [2.75, 3.05) is 5.75 Å². The van der Waals surface area contributed by atoms with Gasteiger partial charge in [0.15, 0.2) is 5.16 Å². The number of hydrogen-bond donors (Lipinski definition) is 0. The zero-order chi connectivity index (χ0) is 21.1. The number of aryl methyl sites for hydroxylation is 2. The normalized spacial score (nSPS) is 16.2. The lowest BCUT2D eigenvalue weighted by Crippen LogP contribution is -2.22. The Morgan fingerprint density at radius 2 is 1.93 bits per heavy atom. The van der Waals surface area contributed by atoms with Gasteiger partial charge in [-0.05, 0) is 56.2 Å². The average molecular weight is 441 g/mol. The fraction of sp³-hybridized carbons (Fsp3) is 0.520. The maximum Gasteiger partial charge on any atom is 0.267 e. The van der Waals surface area contributed by atoms with Gasteiger partial charge in [0.25, 0.3) is 5.56 Å². The molecule has 2 heterocycles. The molecule has 2 aromatic heterocycles. The molecule has 0 aliphatic heterocycles. The van der Waals surface area contributed by atoms with Crippen LogP contribution in [0.25, 0.3) is 15.9 Å². The molecule has 160 valence electrons. The first-order valence-electron chi connectivity index (χ1n) is 11.4. The molecule has 4 rings (SSSR count). The van der Waals surface area contributed by atoms with E-state index in [1.54, 1.807) is 23.1 Å². The molecule has 0 saturated heterocycles. The minimum atomic E-state index is 0.115. The van der Waals surface area contributed by atoms with Gasteiger partial charge in [-0.15, -0.1) is 11.3 Å².